The van der Waals surface area contributed by atoms with Gasteiger partial charge in [0.1, 0.15) is 0 Å². The van der Waals surface area contributed by atoms with Crippen molar-refractivity contribution < 1.29 is 23.7 Å². The predicted molar refractivity (Wildman–Crippen MR) is 114 cm³/mol. The Morgan fingerprint density at radius 2 is 0.714 bits per heavy atom. The Morgan fingerprint density at radius 1 is 0.393 bits per heavy atom. The first-order chi connectivity index (χ1) is 13.9. The molecule has 0 radical (unpaired) electrons. The Balaban J connectivity index is 0.000000175. The van der Waals surface area contributed by atoms with Gasteiger partial charge in [0, 0.05) is 59.5 Å². The molecule has 5 heteroatoms. The topological polar surface area (TPSA) is 46.2 Å². The first kappa shape index (κ1) is 25.8. The third kappa shape index (κ3) is 19.1. The van der Waals surface area contributed by atoms with Crippen LogP contribution in [0.4, 0.5) is 0 Å². The average Bonchev–Trinajstić information content (AvgIpc) is 3.58. The number of hydrogen-bond acceptors (Lipinski definition) is 5. The monoisotopic (exact) mass is 402 g/mol. The zero-order valence-corrected chi connectivity index (χ0v) is 18.5. The highest BCUT2D eigenvalue weighted by Crippen LogP contribution is 2.09. The third-order valence-corrected chi connectivity index (χ3v) is 4.97. The molecule has 0 aliphatic carbocycles. The van der Waals surface area contributed by atoms with E-state index >= 15 is 0 Å². The molecule has 0 aromatic rings. The summed E-state index contributed by atoms with van der Waals surface area (Å²) in [4.78, 5) is 0. The molecule has 1 atom stereocenters. The first-order valence-corrected chi connectivity index (χ1v) is 11.8. The highest BCUT2D eigenvalue weighted by Gasteiger charge is 2.07. The summed E-state index contributed by atoms with van der Waals surface area (Å²) in [5.74, 6) is 0. The second-order valence-electron chi connectivity index (χ2n) is 7.81. The lowest BCUT2D eigenvalue weighted by Crippen LogP contribution is -2.03. The van der Waals surface area contributed by atoms with Gasteiger partial charge in [-0.1, -0.05) is 0 Å². The van der Waals surface area contributed by atoms with E-state index in [1.165, 1.54) is 77.0 Å². The largest absolute Gasteiger partial charge is 0.381 e. The maximum Gasteiger partial charge on any atom is 0.0547 e. The van der Waals surface area contributed by atoms with E-state index in [-0.39, 0.29) is 0 Å². The van der Waals surface area contributed by atoms with Crippen molar-refractivity contribution in [3.63, 3.8) is 0 Å². The van der Waals surface area contributed by atoms with Crippen LogP contribution in [-0.2, 0) is 23.7 Å². The van der Waals surface area contributed by atoms with Gasteiger partial charge in [0.15, 0.2) is 0 Å². The summed E-state index contributed by atoms with van der Waals surface area (Å²) >= 11 is 0. The van der Waals surface area contributed by atoms with Crippen LogP contribution in [0.1, 0.15) is 84.0 Å². The van der Waals surface area contributed by atoms with Crippen molar-refractivity contribution in [2.24, 2.45) is 0 Å². The molecule has 0 aromatic carbocycles. The molecule has 5 aliphatic heterocycles. The van der Waals surface area contributed by atoms with Gasteiger partial charge in [0.2, 0.25) is 0 Å². The number of rotatable bonds is 0. The van der Waals surface area contributed by atoms with Gasteiger partial charge in [-0.2, -0.15) is 0 Å². The molecule has 0 amide bonds. The average molecular weight is 403 g/mol. The van der Waals surface area contributed by atoms with E-state index in [1.54, 1.807) is 0 Å². The van der Waals surface area contributed by atoms with Gasteiger partial charge in [0.25, 0.3) is 0 Å². The minimum Gasteiger partial charge on any atom is -0.381 e. The second-order valence-corrected chi connectivity index (χ2v) is 7.81. The smallest absolute Gasteiger partial charge is 0.0547 e. The zero-order valence-electron chi connectivity index (χ0n) is 18.5. The van der Waals surface area contributed by atoms with Crippen molar-refractivity contribution in [1.29, 1.82) is 0 Å². The van der Waals surface area contributed by atoms with Crippen LogP contribution < -0.4 is 0 Å². The molecule has 5 nitrogen and oxygen atoms in total. The first-order valence-electron chi connectivity index (χ1n) is 11.8. The van der Waals surface area contributed by atoms with Gasteiger partial charge in [-0.3, -0.25) is 0 Å². The Hall–Kier alpha value is -0.200. The summed E-state index contributed by atoms with van der Waals surface area (Å²) in [6.07, 6.45) is 16.0. The summed E-state index contributed by atoms with van der Waals surface area (Å²) in [6, 6.07) is 0. The summed E-state index contributed by atoms with van der Waals surface area (Å²) in [5, 5.41) is 0. The van der Waals surface area contributed by atoms with Crippen LogP contribution in [0.25, 0.3) is 0 Å². The zero-order chi connectivity index (χ0) is 20.0. The molecule has 0 aromatic heterocycles. The van der Waals surface area contributed by atoms with E-state index in [9.17, 15) is 0 Å². The minimum absolute atomic E-state index is 0.546. The molecule has 0 spiro atoms. The van der Waals surface area contributed by atoms with Crippen molar-refractivity contribution in [2.75, 3.05) is 59.5 Å². The molecule has 5 aliphatic rings. The van der Waals surface area contributed by atoms with E-state index in [2.05, 4.69) is 6.92 Å². The van der Waals surface area contributed by atoms with Gasteiger partial charge in [0.05, 0.1) is 6.10 Å². The summed E-state index contributed by atoms with van der Waals surface area (Å²) in [7, 11) is 0. The van der Waals surface area contributed by atoms with Crippen molar-refractivity contribution in [3.8, 4) is 0 Å². The molecule has 0 N–H and O–H groups in total. The van der Waals surface area contributed by atoms with Gasteiger partial charge < -0.3 is 23.7 Å². The molecule has 0 bridgehead atoms. The fourth-order valence-electron chi connectivity index (χ4n) is 3.13. The lowest BCUT2D eigenvalue weighted by molar-refractivity contribution is 0.0967. The number of hydrogen-bond donors (Lipinski definition) is 0. The molecular formula is C23H46O5. The molecule has 5 rings (SSSR count). The van der Waals surface area contributed by atoms with Crippen LogP contribution in [0.5, 0.6) is 0 Å². The van der Waals surface area contributed by atoms with Crippen molar-refractivity contribution in [2.45, 2.75) is 90.1 Å². The van der Waals surface area contributed by atoms with Crippen molar-refractivity contribution in [3.05, 3.63) is 0 Å². The maximum atomic E-state index is 5.15. The quantitative estimate of drug-likeness (QED) is 0.560. The Labute approximate surface area is 173 Å². The molecule has 5 fully saturated rings. The summed E-state index contributed by atoms with van der Waals surface area (Å²) in [6.45, 7) is 11.1. The normalized spacial score (nSPS) is 26.2. The van der Waals surface area contributed by atoms with Crippen LogP contribution in [-0.4, -0.2) is 65.6 Å². The van der Waals surface area contributed by atoms with Gasteiger partial charge in [-0.05, 0) is 84.0 Å². The van der Waals surface area contributed by atoms with E-state index in [0.717, 1.165) is 59.5 Å². The SMILES string of the molecule is C1CCOC1.C1CCOC1.C1CCOCC1.C1CCOCC1.CC1CCCO1. The Kier molecular flexibility index (Phi) is 19.8. The number of ether oxygens (including phenoxy) is 5. The second kappa shape index (κ2) is 21.5. The molecule has 0 saturated carbocycles. The van der Waals surface area contributed by atoms with Crippen LogP contribution in [0, 0.1) is 0 Å². The van der Waals surface area contributed by atoms with Gasteiger partial charge in [-0.25, -0.2) is 0 Å². The van der Waals surface area contributed by atoms with Crippen molar-refractivity contribution in [1.82, 2.24) is 0 Å². The van der Waals surface area contributed by atoms with Crippen LogP contribution in [0.15, 0.2) is 0 Å². The fourth-order valence-corrected chi connectivity index (χ4v) is 3.13. The minimum atomic E-state index is 0.546. The third-order valence-electron chi connectivity index (χ3n) is 4.97. The predicted octanol–water partition coefficient (Wildman–Crippen LogP) is 5.15. The van der Waals surface area contributed by atoms with Crippen LogP contribution in [0.3, 0.4) is 0 Å². The van der Waals surface area contributed by atoms with Gasteiger partial charge >= 0.3 is 0 Å². The van der Waals surface area contributed by atoms with E-state index in [1.807, 2.05) is 0 Å². The standard InChI is InChI=1S/3C5H10O.2C4H8O/c1-5-3-2-4-6-5;2*1-2-4-6-5-3-1;2*1-2-4-5-3-1/h5H,2-4H2,1H3;2*1-5H2;2*1-4H2. The Bertz CT molecular complexity index is 218. The van der Waals surface area contributed by atoms with Crippen LogP contribution >= 0.6 is 0 Å². The summed E-state index contributed by atoms with van der Waals surface area (Å²) in [5.41, 5.74) is 0. The van der Waals surface area contributed by atoms with Gasteiger partial charge in [-0.15, -0.1) is 0 Å². The van der Waals surface area contributed by atoms with E-state index < -0.39 is 0 Å². The highest BCUT2D eigenvalue weighted by molar-refractivity contribution is 4.56. The van der Waals surface area contributed by atoms with Crippen molar-refractivity contribution >= 4 is 0 Å². The Morgan fingerprint density at radius 3 is 0.821 bits per heavy atom. The lowest BCUT2D eigenvalue weighted by atomic mass is 10.2. The maximum absolute atomic E-state index is 5.15. The molecule has 28 heavy (non-hydrogen) atoms. The molecule has 5 saturated heterocycles. The molecule has 168 valence electrons. The van der Waals surface area contributed by atoms with E-state index in [0.29, 0.717) is 6.10 Å². The molecule has 5 heterocycles. The highest BCUT2D eigenvalue weighted by atomic mass is 16.5. The molecule has 1 unspecified atom stereocenters. The molecular weight excluding hydrogens is 356 g/mol. The lowest BCUT2D eigenvalue weighted by Gasteiger charge is -2.08. The van der Waals surface area contributed by atoms with E-state index in [4.69, 9.17) is 23.7 Å². The summed E-state index contributed by atoms with van der Waals surface area (Å²) < 4.78 is 25.2. The van der Waals surface area contributed by atoms with Crippen LogP contribution in [0.2, 0.25) is 0 Å². The fraction of sp³-hybridized carbons (Fsp3) is 1.00.